The van der Waals surface area contributed by atoms with Crippen LogP contribution in [0.5, 0.6) is 0 Å². The van der Waals surface area contributed by atoms with E-state index >= 15 is 0 Å². The van der Waals surface area contributed by atoms with Crippen molar-refractivity contribution in [2.45, 2.75) is 19.9 Å². The summed E-state index contributed by atoms with van der Waals surface area (Å²) in [6.45, 7) is 4.34. The fraction of sp³-hybridized carbons (Fsp3) is 0.333. The molecular weight excluding hydrogens is 294 g/mol. The minimum atomic E-state index is 1.03. The van der Waals surface area contributed by atoms with Gasteiger partial charge in [-0.05, 0) is 43.8 Å². The van der Waals surface area contributed by atoms with Crippen molar-refractivity contribution in [3.63, 3.8) is 0 Å². The molecule has 4 rings (SSSR count). The maximum absolute atomic E-state index is 2.49. The average Bonchev–Trinajstić information content (AvgIpc) is 2.87. The second-order valence-corrected chi connectivity index (χ2v) is 7.15. The SMILES string of the molecule is Cc1ccc2c(c1)c1c(n2-c2ccccc2N(C)C)CCN(C)C1. The van der Waals surface area contributed by atoms with Gasteiger partial charge in [0.05, 0.1) is 16.9 Å². The first-order chi connectivity index (χ1) is 11.6. The average molecular weight is 319 g/mol. The summed E-state index contributed by atoms with van der Waals surface area (Å²) in [7, 11) is 6.46. The van der Waals surface area contributed by atoms with E-state index in [4.69, 9.17) is 0 Å². The number of likely N-dealkylation sites (N-methyl/N-ethyl adjacent to an activating group) is 1. The van der Waals surface area contributed by atoms with E-state index in [1.54, 1.807) is 0 Å². The predicted octanol–water partition coefficient (Wildman–Crippen LogP) is 3.99. The molecule has 3 nitrogen and oxygen atoms in total. The number of aryl methyl sites for hydroxylation is 1. The Morgan fingerprint density at radius 3 is 2.62 bits per heavy atom. The normalized spacial score (nSPS) is 14.8. The minimum absolute atomic E-state index is 1.03. The molecule has 1 aliphatic rings. The number of nitrogens with zero attached hydrogens (tertiary/aromatic N) is 3. The second kappa shape index (κ2) is 5.67. The van der Waals surface area contributed by atoms with Gasteiger partial charge in [-0.1, -0.05) is 23.8 Å². The van der Waals surface area contributed by atoms with E-state index in [0.29, 0.717) is 0 Å². The van der Waals surface area contributed by atoms with E-state index in [9.17, 15) is 0 Å². The van der Waals surface area contributed by atoms with Gasteiger partial charge in [0, 0.05) is 44.7 Å². The lowest BCUT2D eigenvalue weighted by Crippen LogP contribution is -2.27. The van der Waals surface area contributed by atoms with Gasteiger partial charge in [-0.2, -0.15) is 0 Å². The smallest absolute Gasteiger partial charge is 0.0692 e. The first kappa shape index (κ1) is 15.3. The van der Waals surface area contributed by atoms with Crippen molar-refractivity contribution >= 4 is 16.6 Å². The fourth-order valence-electron chi connectivity index (χ4n) is 3.91. The Labute approximate surface area is 144 Å². The first-order valence-electron chi connectivity index (χ1n) is 8.64. The Hall–Kier alpha value is -2.26. The third-order valence-electron chi connectivity index (χ3n) is 5.10. The molecule has 0 saturated carbocycles. The first-order valence-corrected chi connectivity index (χ1v) is 8.64. The predicted molar refractivity (Wildman–Crippen MR) is 102 cm³/mol. The van der Waals surface area contributed by atoms with Gasteiger partial charge in [0.25, 0.3) is 0 Å². The van der Waals surface area contributed by atoms with Crippen LogP contribution >= 0.6 is 0 Å². The van der Waals surface area contributed by atoms with Crippen LogP contribution in [0.2, 0.25) is 0 Å². The van der Waals surface area contributed by atoms with Crippen LogP contribution in [0, 0.1) is 6.92 Å². The van der Waals surface area contributed by atoms with Crippen LogP contribution in [0.4, 0.5) is 5.69 Å². The molecule has 0 amide bonds. The molecule has 0 atom stereocenters. The van der Waals surface area contributed by atoms with E-state index in [0.717, 1.165) is 19.5 Å². The molecule has 0 saturated heterocycles. The zero-order valence-corrected chi connectivity index (χ0v) is 15.0. The monoisotopic (exact) mass is 319 g/mol. The van der Waals surface area contributed by atoms with Crippen LogP contribution in [0.25, 0.3) is 16.6 Å². The molecule has 124 valence electrons. The highest BCUT2D eigenvalue weighted by molar-refractivity contribution is 5.89. The van der Waals surface area contributed by atoms with Crippen LogP contribution < -0.4 is 4.90 Å². The third kappa shape index (κ3) is 2.31. The molecule has 0 fully saturated rings. The Bertz CT molecular complexity index is 905. The summed E-state index contributed by atoms with van der Waals surface area (Å²) in [5.74, 6) is 0. The van der Waals surface area contributed by atoms with Gasteiger partial charge < -0.3 is 14.4 Å². The molecule has 24 heavy (non-hydrogen) atoms. The highest BCUT2D eigenvalue weighted by Gasteiger charge is 2.24. The van der Waals surface area contributed by atoms with Crippen LogP contribution in [-0.4, -0.2) is 37.2 Å². The topological polar surface area (TPSA) is 11.4 Å². The lowest BCUT2D eigenvalue weighted by atomic mass is 10.0. The van der Waals surface area contributed by atoms with Crippen molar-refractivity contribution in [2.24, 2.45) is 0 Å². The van der Waals surface area contributed by atoms with E-state index in [1.807, 2.05) is 0 Å². The number of para-hydroxylation sites is 2. The summed E-state index contributed by atoms with van der Waals surface area (Å²) in [5, 5.41) is 1.41. The lowest BCUT2D eigenvalue weighted by Gasteiger charge is -2.25. The molecule has 1 aromatic heterocycles. The maximum atomic E-state index is 2.49. The number of hydrogen-bond acceptors (Lipinski definition) is 2. The molecule has 0 spiro atoms. The summed E-state index contributed by atoms with van der Waals surface area (Å²) in [4.78, 5) is 4.63. The largest absolute Gasteiger partial charge is 0.376 e. The van der Waals surface area contributed by atoms with Crippen molar-refractivity contribution in [1.82, 2.24) is 9.47 Å². The summed E-state index contributed by atoms with van der Waals surface area (Å²) in [6, 6.07) is 15.6. The minimum Gasteiger partial charge on any atom is -0.376 e. The van der Waals surface area contributed by atoms with Crippen LogP contribution in [0.3, 0.4) is 0 Å². The van der Waals surface area contributed by atoms with Crippen molar-refractivity contribution in [3.05, 3.63) is 59.3 Å². The quantitative estimate of drug-likeness (QED) is 0.707. The zero-order chi connectivity index (χ0) is 16.8. The number of fused-ring (bicyclic) bond motifs is 3. The Morgan fingerprint density at radius 2 is 1.83 bits per heavy atom. The molecule has 2 aromatic carbocycles. The summed E-state index contributed by atoms with van der Waals surface area (Å²) in [6.07, 6.45) is 1.10. The van der Waals surface area contributed by atoms with Gasteiger partial charge in [-0.15, -0.1) is 0 Å². The van der Waals surface area contributed by atoms with Crippen molar-refractivity contribution in [1.29, 1.82) is 0 Å². The highest BCUT2D eigenvalue weighted by atomic mass is 15.1. The number of benzene rings is 2. The van der Waals surface area contributed by atoms with Crippen molar-refractivity contribution < 1.29 is 0 Å². The molecule has 0 radical (unpaired) electrons. The maximum Gasteiger partial charge on any atom is 0.0692 e. The van der Waals surface area contributed by atoms with Gasteiger partial charge in [-0.3, -0.25) is 0 Å². The Kier molecular flexibility index (Phi) is 3.61. The van der Waals surface area contributed by atoms with E-state index < -0.39 is 0 Å². The highest BCUT2D eigenvalue weighted by Crippen LogP contribution is 2.36. The summed E-state index contributed by atoms with van der Waals surface area (Å²) < 4.78 is 2.49. The molecular formula is C21H25N3. The van der Waals surface area contributed by atoms with Gasteiger partial charge in [0.15, 0.2) is 0 Å². The number of hydrogen-bond donors (Lipinski definition) is 0. The second-order valence-electron chi connectivity index (χ2n) is 7.15. The Morgan fingerprint density at radius 1 is 1.04 bits per heavy atom. The standard InChI is InChI=1S/C21H25N3/c1-15-9-10-18-16(13-15)17-14-23(4)12-11-19(17)24(18)21-8-6-5-7-20(21)22(2)3/h5-10,13H,11-12,14H2,1-4H3. The molecule has 1 aliphatic heterocycles. The Balaban J connectivity index is 2.07. The van der Waals surface area contributed by atoms with E-state index in [1.165, 1.54) is 39.1 Å². The molecule has 0 N–H and O–H groups in total. The van der Waals surface area contributed by atoms with Crippen LogP contribution in [0.15, 0.2) is 42.5 Å². The molecule has 0 bridgehead atoms. The summed E-state index contributed by atoms with van der Waals surface area (Å²) in [5.41, 5.74) is 8.17. The van der Waals surface area contributed by atoms with Gasteiger partial charge >= 0.3 is 0 Å². The molecule has 3 heteroatoms. The van der Waals surface area contributed by atoms with Crippen molar-refractivity contribution in [2.75, 3.05) is 32.6 Å². The molecule has 3 aromatic rings. The summed E-state index contributed by atoms with van der Waals surface area (Å²) >= 11 is 0. The number of anilines is 1. The molecule has 0 aliphatic carbocycles. The molecule has 2 heterocycles. The molecule has 0 unspecified atom stereocenters. The van der Waals surface area contributed by atoms with E-state index in [2.05, 4.69) is 84.9 Å². The van der Waals surface area contributed by atoms with Gasteiger partial charge in [0.2, 0.25) is 0 Å². The third-order valence-corrected chi connectivity index (χ3v) is 5.10. The van der Waals surface area contributed by atoms with Gasteiger partial charge in [0.1, 0.15) is 0 Å². The van der Waals surface area contributed by atoms with E-state index in [-0.39, 0.29) is 0 Å². The van der Waals surface area contributed by atoms with Crippen molar-refractivity contribution in [3.8, 4) is 5.69 Å². The van der Waals surface area contributed by atoms with Gasteiger partial charge in [-0.25, -0.2) is 0 Å². The number of aromatic nitrogens is 1. The van der Waals surface area contributed by atoms with Crippen LogP contribution in [0.1, 0.15) is 16.8 Å². The lowest BCUT2D eigenvalue weighted by molar-refractivity contribution is 0.311. The number of rotatable bonds is 2. The zero-order valence-electron chi connectivity index (χ0n) is 15.0. The fourth-order valence-corrected chi connectivity index (χ4v) is 3.91. The van der Waals surface area contributed by atoms with Crippen LogP contribution in [-0.2, 0) is 13.0 Å².